The molecule has 0 aliphatic rings. The molecule has 2 aromatic rings. The summed E-state index contributed by atoms with van der Waals surface area (Å²) in [5.41, 5.74) is 2.83. The molecule has 2 nitrogen and oxygen atoms in total. The fraction of sp³-hybridized carbons (Fsp3) is 0.200. The van der Waals surface area contributed by atoms with Gasteiger partial charge in [0.05, 0.1) is 11.6 Å². The maximum Gasteiger partial charge on any atom is 0.144 e. The second-order valence-corrected chi connectivity index (χ2v) is 5.15. The molecule has 100 valence electrons. The number of aliphatic hydroxyl groups excluding tert-OH is 1. The van der Waals surface area contributed by atoms with Crippen LogP contribution in [0.3, 0.4) is 0 Å². The largest absolute Gasteiger partial charge is 0.487 e. The zero-order chi connectivity index (χ0) is 13.8. The SMILES string of the molecule is Cc1ccc(COc2c(Cl)cc(Cl)cc2CO)cc1. The highest BCUT2D eigenvalue weighted by atomic mass is 35.5. The smallest absolute Gasteiger partial charge is 0.144 e. The second-order valence-electron chi connectivity index (χ2n) is 4.31. The Morgan fingerprint density at radius 1 is 1.11 bits per heavy atom. The normalized spacial score (nSPS) is 10.5. The van der Waals surface area contributed by atoms with Crippen LogP contribution in [0.1, 0.15) is 16.7 Å². The quantitative estimate of drug-likeness (QED) is 0.908. The molecule has 19 heavy (non-hydrogen) atoms. The Labute approximate surface area is 122 Å². The summed E-state index contributed by atoms with van der Waals surface area (Å²) in [5.74, 6) is 0.481. The third kappa shape index (κ3) is 3.63. The molecular formula is C15H14Cl2O2. The Morgan fingerprint density at radius 3 is 2.42 bits per heavy atom. The first-order chi connectivity index (χ1) is 9.10. The van der Waals surface area contributed by atoms with Gasteiger partial charge in [-0.25, -0.2) is 0 Å². The predicted octanol–water partition coefficient (Wildman–Crippen LogP) is 4.37. The van der Waals surface area contributed by atoms with E-state index in [0.717, 1.165) is 5.56 Å². The molecule has 0 radical (unpaired) electrons. The lowest BCUT2D eigenvalue weighted by molar-refractivity contribution is 0.259. The van der Waals surface area contributed by atoms with Crippen molar-refractivity contribution in [3.05, 3.63) is 63.1 Å². The maximum absolute atomic E-state index is 9.30. The number of rotatable bonds is 4. The summed E-state index contributed by atoms with van der Waals surface area (Å²) >= 11 is 12.0. The number of ether oxygens (including phenoxy) is 1. The summed E-state index contributed by atoms with van der Waals surface area (Å²) in [7, 11) is 0. The van der Waals surface area contributed by atoms with E-state index >= 15 is 0 Å². The topological polar surface area (TPSA) is 29.5 Å². The van der Waals surface area contributed by atoms with E-state index in [4.69, 9.17) is 27.9 Å². The zero-order valence-corrected chi connectivity index (χ0v) is 12.0. The van der Waals surface area contributed by atoms with Crippen LogP contribution in [0.5, 0.6) is 5.75 Å². The predicted molar refractivity (Wildman–Crippen MR) is 77.9 cm³/mol. The molecular weight excluding hydrogens is 283 g/mol. The number of halogens is 2. The third-order valence-electron chi connectivity index (χ3n) is 2.76. The summed E-state index contributed by atoms with van der Waals surface area (Å²) in [6.07, 6.45) is 0. The average Bonchev–Trinajstić information content (AvgIpc) is 2.39. The van der Waals surface area contributed by atoms with Crippen LogP contribution >= 0.6 is 23.2 Å². The van der Waals surface area contributed by atoms with Gasteiger partial charge in [0, 0.05) is 10.6 Å². The Bertz CT molecular complexity index is 565. The molecule has 0 spiro atoms. The molecule has 0 fully saturated rings. The van der Waals surface area contributed by atoms with Gasteiger partial charge in [0.25, 0.3) is 0 Å². The molecule has 2 aromatic carbocycles. The fourth-order valence-electron chi connectivity index (χ4n) is 1.73. The lowest BCUT2D eigenvalue weighted by atomic mass is 10.1. The molecule has 0 aromatic heterocycles. The highest BCUT2D eigenvalue weighted by Crippen LogP contribution is 2.33. The molecule has 0 amide bonds. The van der Waals surface area contributed by atoms with Gasteiger partial charge in [-0.1, -0.05) is 53.0 Å². The minimum absolute atomic E-state index is 0.163. The van der Waals surface area contributed by atoms with Crippen LogP contribution in [0.4, 0.5) is 0 Å². The Balaban J connectivity index is 2.17. The second kappa shape index (κ2) is 6.29. The molecule has 0 saturated heterocycles. The van der Waals surface area contributed by atoms with Gasteiger partial charge in [0.1, 0.15) is 12.4 Å². The van der Waals surface area contributed by atoms with Crippen LogP contribution in [0.15, 0.2) is 36.4 Å². The molecule has 0 atom stereocenters. The zero-order valence-electron chi connectivity index (χ0n) is 10.5. The monoisotopic (exact) mass is 296 g/mol. The van der Waals surface area contributed by atoms with Crippen LogP contribution in [-0.2, 0) is 13.2 Å². The van der Waals surface area contributed by atoms with E-state index in [1.54, 1.807) is 12.1 Å². The van der Waals surface area contributed by atoms with Gasteiger partial charge in [-0.15, -0.1) is 0 Å². The van der Waals surface area contributed by atoms with Crippen LogP contribution in [0, 0.1) is 6.92 Å². The van der Waals surface area contributed by atoms with Crippen molar-refractivity contribution >= 4 is 23.2 Å². The van der Waals surface area contributed by atoms with Crippen molar-refractivity contribution in [1.82, 2.24) is 0 Å². The van der Waals surface area contributed by atoms with E-state index in [1.165, 1.54) is 5.56 Å². The van der Waals surface area contributed by atoms with Crippen molar-refractivity contribution < 1.29 is 9.84 Å². The van der Waals surface area contributed by atoms with Gasteiger partial charge in [-0.05, 0) is 24.6 Å². The number of benzene rings is 2. The third-order valence-corrected chi connectivity index (χ3v) is 3.26. The number of hydrogen-bond donors (Lipinski definition) is 1. The van der Waals surface area contributed by atoms with Crippen LogP contribution in [-0.4, -0.2) is 5.11 Å². The van der Waals surface area contributed by atoms with Gasteiger partial charge in [0.15, 0.2) is 0 Å². The molecule has 4 heteroatoms. The van der Waals surface area contributed by atoms with E-state index in [1.807, 2.05) is 31.2 Å². The highest BCUT2D eigenvalue weighted by molar-refractivity contribution is 6.35. The molecule has 0 unspecified atom stereocenters. The van der Waals surface area contributed by atoms with Gasteiger partial charge >= 0.3 is 0 Å². The van der Waals surface area contributed by atoms with E-state index in [-0.39, 0.29) is 6.61 Å². The average molecular weight is 297 g/mol. The summed E-state index contributed by atoms with van der Waals surface area (Å²) in [6.45, 7) is 2.27. The lowest BCUT2D eigenvalue weighted by Crippen LogP contribution is -1.99. The van der Waals surface area contributed by atoms with E-state index < -0.39 is 0 Å². The van der Waals surface area contributed by atoms with E-state index in [0.29, 0.717) is 28.0 Å². The molecule has 0 aliphatic heterocycles. The fourth-order valence-corrected chi connectivity index (χ4v) is 2.32. The van der Waals surface area contributed by atoms with Crippen molar-refractivity contribution in [2.24, 2.45) is 0 Å². The van der Waals surface area contributed by atoms with Gasteiger partial charge in [-0.3, -0.25) is 0 Å². The van der Waals surface area contributed by atoms with Crippen molar-refractivity contribution in [1.29, 1.82) is 0 Å². The van der Waals surface area contributed by atoms with Crippen molar-refractivity contribution in [2.45, 2.75) is 20.1 Å². The minimum atomic E-state index is -0.163. The molecule has 2 rings (SSSR count). The van der Waals surface area contributed by atoms with Crippen LogP contribution < -0.4 is 4.74 Å². The van der Waals surface area contributed by atoms with E-state index in [2.05, 4.69) is 0 Å². The molecule has 0 heterocycles. The summed E-state index contributed by atoms with van der Waals surface area (Å²) in [5, 5.41) is 10.2. The number of aryl methyl sites for hydroxylation is 1. The Kier molecular flexibility index (Phi) is 4.70. The molecule has 0 aliphatic carbocycles. The van der Waals surface area contributed by atoms with Gasteiger partial charge < -0.3 is 9.84 Å². The minimum Gasteiger partial charge on any atom is -0.487 e. The van der Waals surface area contributed by atoms with Crippen molar-refractivity contribution in [2.75, 3.05) is 0 Å². The summed E-state index contributed by atoms with van der Waals surface area (Å²) in [4.78, 5) is 0. The van der Waals surface area contributed by atoms with E-state index in [9.17, 15) is 5.11 Å². The van der Waals surface area contributed by atoms with Gasteiger partial charge in [0.2, 0.25) is 0 Å². The summed E-state index contributed by atoms with van der Waals surface area (Å²) < 4.78 is 5.69. The summed E-state index contributed by atoms with van der Waals surface area (Å²) in [6, 6.07) is 11.3. The van der Waals surface area contributed by atoms with Gasteiger partial charge in [-0.2, -0.15) is 0 Å². The standard InChI is InChI=1S/C15H14Cl2O2/c1-10-2-4-11(5-3-10)9-19-15-12(8-18)6-13(16)7-14(15)17/h2-7,18H,8-9H2,1H3. The maximum atomic E-state index is 9.30. The molecule has 0 saturated carbocycles. The Morgan fingerprint density at radius 2 is 1.79 bits per heavy atom. The van der Waals surface area contributed by atoms with Crippen LogP contribution in [0.25, 0.3) is 0 Å². The highest BCUT2D eigenvalue weighted by Gasteiger charge is 2.10. The first kappa shape index (κ1) is 14.2. The first-order valence-corrected chi connectivity index (χ1v) is 6.63. The van der Waals surface area contributed by atoms with Crippen LogP contribution in [0.2, 0.25) is 10.0 Å². The first-order valence-electron chi connectivity index (χ1n) is 5.87. The van der Waals surface area contributed by atoms with Crippen molar-refractivity contribution in [3.8, 4) is 5.75 Å². The molecule has 0 bridgehead atoms. The lowest BCUT2D eigenvalue weighted by Gasteiger charge is -2.12. The van der Waals surface area contributed by atoms with Crippen molar-refractivity contribution in [3.63, 3.8) is 0 Å². The number of aliphatic hydroxyl groups is 1. The Hall–Kier alpha value is -1.22. The molecule has 1 N–H and O–H groups in total. The number of hydrogen-bond acceptors (Lipinski definition) is 2.